The molecule has 2 fully saturated rings. The molecule has 2 rings (SSSR count). The number of aliphatic hydroxyl groups excluding tert-OH is 1. The summed E-state index contributed by atoms with van der Waals surface area (Å²) in [4.78, 5) is 2.52. The third-order valence-electron chi connectivity index (χ3n) is 4.60. The van der Waals surface area contributed by atoms with Crippen LogP contribution in [0.3, 0.4) is 0 Å². The zero-order chi connectivity index (χ0) is 11.6. The van der Waals surface area contributed by atoms with Gasteiger partial charge in [-0.25, -0.2) is 0 Å². The van der Waals surface area contributed by atoms with Crippen molar-refractivity contribution < 1.29 is 5.11 Å². The van der Waals surface area contributed by atoms with E-state index in [1.807, 2.05) is 0 Å². The van der Waals surface area contributed by atoms with Gasteiger partial charge in [0, 0.05) is 19.6 Å². The first-order chi connectivity index (χ1) is 7.65. The normalized spacial score (nSPS) is 35.4. The van der Waals surface area contributed by atoms with Gasteiger partial charge in [-0.2, -0.15) is 0 Å². The minimum Gasteiger partial charge on any atom is -0.393 e. The Morgan fingerprint density at radius 3 is 2.62 bits per heavy atom. The second-order valence-electron chi connectivity index (χ2n) is 5.98. The quantitative estimate of drug-likeness (QED) is 0.760. The molecule has 2 unspecified atom stereocenters. The summed E-state index contributed by atoms with van der Waals surface area (Å²) in [6.45, 7) is 6.23. The first-order valence-electron chi connectivity index (χ1n) is 6.76. The summed E-state index contributed by atoms with van der Waals surface area (Å²) in [6, 6.07) is 0. The lowest BCUT2D eigenvalue weighted by Crippen LogP contribution is -2.48. The molecule has 16 heavy (non-hydrogen) atoms. The largest absolute Gasteiger partial charge is 0.393 e. The first-order valence-corrected chi connectivity index (χ1v) is 6.76. The molecule has 0 spiro atoms. The minimum atomic E-state index is -0.0892. The Kier molecular flexibility index (Phi) is 3.88. The molecule has 1 heterocycles. The highest BCUT2D eigenvalue weighted by Crippen LogP contribution is 2.38. The van der Waals surface area contributed by atoms with Crippen molar-refractivity contribution in [3.05, 3.63) is 0 Å². The van der Waals surface area contributed by atoms with Gasteiger partial charge < -0.3 is 15.7 Å². The van der Waals surface area contributed by atoms with Gasteiger partial charge in [-0.05, 0) is 37.1 Å². The summed E-state index contributed by atoms with van der Waals surface area (Å²) in [5.74, 6) is 0.421. The predicted molar refractivity (Wildman–Crippen MR) is 66.2 cm³/mol. The van der Waals surface area contributed by atoms with Crippen molar-refractivity contribution in [2.24, 2.45) is 17.1 Å². The number of hydrogen-bond donors (Lipinski definition) is 2. The summed E-state index contributed by atoms with van der Waals surface area (Å²) >= 11 is 0. The molecule has 94 valence electrons. The van der Waals surface area contributed by atoms with E-state index in [1.54, 1.807) is 0 Å². The first kappa shape index (κ1) is 12.3. The van der Waals surface area contributed by atoms with Crippen molar-refractivity contribution in [2.75, 3.05) is 26.2 Å². The van der Waals surface area contributed by atoms with Crippen molar-refractivity contribution in [1.82, 2.24) is 4.90 Å². The molecule has 3 heteroatoms. The fourth-order valence-electron chi connectivity index (χ4n) is 3.39. The van der Waals surface area contributed by atoms with Crippen LogP contribution in [0.4, 0.5) is 0 Å². The van der Waals surface area contributed by atoms with Crippen molar-refractivity contribution in [1.29, 1.82) is 0 Å². The van der Waals surface area contributed by atoms with E-state index in [2.05, 4.69) is 11.8 Å². The molecule has 2 atom stereocenters. The zero-order valence-corrected chi connectivity index (χ0v) is 10.5. The Bertz CT molecular complexity index is 226. The molecule has 3 N–H and O–H groups in total. The molecule has 0 amide bonds. The molecule has 1 aliphatic heterocycles. The third kappa shape index (κ3) is 2.58. The molecular formula is C13H26N2O. The molecule has 2 aliphatic rings. The van der Waals surface area contributed by atoms with Gasteiger partial charge in [-0.3, -0.25) is 0 Å². The van der Waals surface area contributed by atoms with Crippen LogP contribution in [-0.4, -0.2) is 42.3 Å². The Balaban J connectivity index is 1.89. The fraction of sp³-hybridized carbons (Fsp3) is 1.00. The second kappa shape index (κ2) is 5.03. The SMILES string of the molecule is CC1CN(CC2(CN)CCCC2)CCC1O. The number of nitrogens with two attached hydrogens (primary N) is 1. The van der Waals surface area contributed by atoms with Gasteiger partial charge in [-0.1, -0.05) is 19.8 Å². The van der Waals surface area contributed by atoms with Crippen LogP contribution < -0.4 is 5.73 Å². The Labute approximate surface area is 99.0 Å². The van der Waals surface area contributed by atoms with Crippen molar-refractivity contribution in [3.8, 4) is 0 Å². The number of hydrogen-bond acceptors (Lipinski definition) is 3. The van der Waals surface area contributed by atoms with Crippen LogP contribution in [-0.2, 0) is 0 Å². The molecule has 0 bridgehead atoms. The van der Waals surface area contributed by atoms with Gasteiger partial charge in [0.25, 0.3) is 0 Å². The van der Waals surface area contributed by atoms with Crippen LogP contribution in [0, 0.1) is 11.3 Å². The maximum Gasteiger partial charge on any atom is 0.0590 e. The van der Waals surface area contributed by atoms with E-state index in [0.29, 0.717) is 11.3 Å². The lowest BCUT2D eigenvalue weighted by Gasteiger charge is -2.40. The molecule has 3 nitrogen and oxygen atoms in total. The number of rotatable bonds is 3. The molecule has 0 aromatic rings. The fourth-order valence-corrected chi connectivity index (χ4v) is 3.39. The maximum atomic E-state index is 9.73. The Hall–Kier alpha value is -0.120. The van der Waals surface area contributed by atoms with Crippen molar-refractivity contribution in [3.63, 3.8) is 0 Å². The van der Waals surface area contributed by atoms with Crippen LogP contribution in [0.5, 0.6) is 0 Å². The Morgan fingerprint density at radius 1 is 1.38 bits per heavy atom. The highest BCUT2D eigenvalue weighted by molar-refractivity contribution is 4.90. The Morgan fingerprint density at radius 2 is 2.06 bits per heavy atom. The summed E-state index contributed by atoms with van der Waals surface area (Å²) in [5, 5.41) is 9.73. The molecule has 0 aromatic heterocycles. The predicted octanol–water partition coefficient (Wildman–Crippen LogP) is 1.21. The van der Waals surface area contributed by atoms with Gasteiger partial charge in [0.15, 0.2) is 0 Å². The molecule has 0 radical (unpaired) electrons. The number of nitrogens with zero attached hydrogens (tertiary/aromatic N) is 1. The van der Waals surface area contributed by atoms with E-state index in [-0.39, 0.29) is 6.10 Å². The molecule has 1 saturated heterocycles. The summed E-state index contributed by atoms with van der Waals surface area (Å²) in [6.07, 6.45) is 6.15. The summed E-state index contributed by atoms with van der Waals surface area (Å²) < 4.78 is 0. The smallest absolute Gasteiger partial charge is 0.0590 e. The number of piperidine rings is 1. The van der Waals surface area contributed by atoms with Crippen LogP contribution in [0.15, 0.2) is 0 Å². The van der Waals surface area contributed by atoms with Crippen LogP contribution in [0.25, 0.3) is 0 Å². The molecule has 0 aromatic carbocycles. The number of likely N-dealkylation sites (tertiary alicyclic amines) is 1. The van der Waals surface area contributed by atoms with Crippen molar-refractivity contribution in [2.45, 2.75) is 45.1 Å². The van der Waals surface area contributed by atoms with E-state index in [4.69, 9.17) is 5.73 Å². The topological polar surface area (TPSA) is 49.5 Å². The highest BCUT2D eigenvalue weighted by Gasteiger charge is 2.36. The summed E-state index contributed by atoms with van der Waals surface area (Å²) in [7, 11) is 0. The minimum absolute atomic E-state index is 0.0892. The van der Waals surface area contributed by atoms with Gasteiger partial charge in [-0.15, -0.1) is 0 Å². The lowest BCUT2D eigenvalue weighted by atomic mass is 9.84. The molecule has 1 saturated carbocycles. The maximum absolute atomic E-state index is 9.73. The van der Waals surface area contributed by atoms with Crippen LogP contribution in [0.1, 0.15) is 39.0 Å². The second-order valence-corrected chi connectivity index (χ2v) is 5.98. The number of aliphatic hydroxyl groups is 1. The van der Waals surface area contributed by atoms with Gasteiger partial charge >= 0.3 is 0 Å². The van der Waals surface area contributed by atoms with E-state index < -0.39 is 0 Å². The van der Waals surface area contributed by atoms with E-state index in [1.165, 1.54) is 25.7 Å². The standard InChI is InChI=1S/C13H26N2O/c1-11-8-15(7-4-12(11)16)10-13(9-14)5-2-3-6-13/h11-12,16H,2-10,14H2,1H3. The molecule has 1 aliphatic carbocycles. The monoisotopic (exact) mass is 226 g/mol. The van der Waals surface area contributed by atoms with E-state index >= 15 is 0 Å². The van der Waals surface area contributed by atoms with Gasteiger partial charge in [0.2, 0.25) is 0 Å². The molecular weight excluding hydrogens is 200 g/mol. The zero-order valence-electron chi connectivity index (χ0n) is 10.5. The van der Waals surface area contributed by atoms with Crippen molar-refractivity contribution >= 4 is 0 Å². The lowest BCUT2D eigenvalue weighted by molar-refractivity contribution is 0.0181. The summed E-state index contributed by atoms with van der Waals surface area (Å²) in [5.41, 5.74) is 6.36. The van der Waals surface area contributed by atoms with Crippen LogP contribution >= 0.6 is 0 Å². The van der Waals surface area contributed by atoms with Gasteiger partial charge in [0.1, 0.15) is 0 Å². The average molecular weight is 226 g/mol. The van der Waals surface area contributed by atoms with Gasteiger partial charge in [0.05, 0.1) is 6.10 Å². The van der Waals surface area contributed by atoms with E-state index in [9.17, 15) is 5.11 Å². The van der Waals surface area contributed by atoms with E-state index in [0.717, 1.165) is 32.6 Å². The third-order valence-corrected chi connectivity index (χ3v) is 4.60. The highest BCUT2D eigenvalue weighted by atomic mass is 16.3. The van der Waals surface area contributed by atoms with Crippen LogP contribution in [0.2, 0.25) is 0 Å². The average Bonchev–Trinajstić information content (AvgIpc) is 2.73.